The number of benzene rings is 1. The lowest BCUT2D eigenvalue weighted by Gasteiger charge is -2.12. The van der Waals surface area contributed by atoms with Gasteiger partial charge in [-0.2, -0.15) is 4.57 Å². The van der Waals surface area contributed by atoms with Crippen molar-refractivity contribution in [2.75, 3.05) is 20.3 Å². The van der Waals surface area contributed by atoms with Gasteiger partial charge in [-0.3, -0.25) is 24.4 Å². The molecular formula is C23H22ClN4O4+. The molecule has 2 amide bonds. The average Bonchev–Trinajstić information content (AvgIpc) is 3.25. The number of nitrogens with one attached hydrogen (secondary N) is 1. The minimum Gasteiger partial charge on any atom is -0.383 e. The number of hydrogen-bond donors (Lipinski definition) is 1. The molecule has 1 aliphatic rings. The Bertz CT molecular complexity index is 1280. The van der Waals surface area contributed by atoms with Gasteiger partial charge in [0.1, 0.15) is 5.57 Å². The molecule has 0 unspecified atom stereocenters. The Morgan fingerprint density at radius 1 is 1.06 bits per heavy atom. The summed E-state index contributed by atoms with van der Waals surface area (Å²) in [4.78, 5) is 41.3. The van der Waals surface area contributed by atoms with E-state index >= 15 is 0 Å². The fourth-order valence-corrected chi connectivity index (χ4v) is 3.94. The van der Waals surface area contributed by atoms with Gasteiger partial charge in [0.25, 0.3) is 17.2 Å². The van der Waals surface area contributed by atoms with E-state index in [9.17, 15) is 14.4 Å². The van der Waals surface area contributed by atoms with Gasteiger partial charge in [-0.15, -0.1) is 0 Å². The first-order valence-electron chi connectivity index (χ1n) is 10.1. The second-order valence-electron chi connectivity index (χ2n) is 7.20. The van der Waals surface area contributed by atoms with Crippen LogP contribution in [0.1, 0.15) is 18.2 Å². The summed E-state index contributed by atoms with van der Waals surface area (Å²) in [6.45, 7) is 2.15. The predicted molar refractivity (Wildman–Crippen MR) is 119 cm³/mol. The van der Waals surface area contributed by atoms with Gasteiger partial charge in [-0.05, 0) is 24.6 Å². The van der Waals surface area contributed by atoms with E-state index in [-0.39, 0.29) is 30.0 Å². The van der Waals surface area contributed by atoms with E-state index in [1.54, 1.807) is 59.4 Å². The van der Waals surface area contributed by atoms with Crippen LogP contribution in [0.15, 0.2) is 59.7 Å². The maximum absolute atomic E-state index is 13.5. The Morgan fingerprint density at radius 2 is 1.81 bits per heavy atom. The quantitative estimate of drug-likeness (QED) is 0.438. The Balaban J connectivity index is 1.96. The third kappa shape index (κ3) is 3.68. The Kier molecular flexibility index (Phi) is 6.07. The van der Waals surface area contributed by atoms with Crippen molar-refractivity contribution in [2.24, 2.45) is 0 Å². The number of carbonyl (C=O) groups excluding carboxylic acids is 2. The predicted octanol–water partition coefficient (Wildman–Crippen LogP) is 2.05. The van der Waals surface area contributed by atoms with Crippen LogP contribution in [0, 0.1) is 0 Å². The molecular weight excluding hydrogens is 432 g/mol. The molecule has 1 aromatic carbocycles. The summed E-state index contributed by atoms with van der Waals surface area (Å²) in [5, 5.41) is 3.55. The number of aromatic nitrogens is 3. The molecule has 164 valence electrons. The van der Waals surface area contributed by atoms with E-state index in [4.69, 9.17) is 16.3 Å². The lowest BCUT2D eigenvalue weighted by molar-refractivity contribution is -0.576. The summed E-state index contributed by atoms with van der Waals surface area (Å²) in [6.07, 6.45) is 3.80. The van der Waals surface area contributed by atoms with Gasteiger partial charge in [-0.25, -0.2) is 4.68 Å². The van der Waals surface area contributed by atoms with Gasteiger partial charge >= 0.3 is 5.91 Å². The van der Waals surface area contributed by atoms with E-state index in [2.05, 4.69) is 5.10 Å². The minimum absolute atomic E-state index is 0.0705. The Hall–Kier alpha value is -3.49. The molecule has 9 heteroatoms. The highest BCUT2D eigenvalue weighted by atomic mass is 35.5. The molecule has 8 nitrogen and oxygen atoms in total. The normalized spacial score (nSPS) is 14.0. The van der Waals surface area contributed by atoms with E-state index < -0.39 is 17.4 Å². The molecule has 0 atom stereocenters. The third-order valence-corrected chi connectivity index (χ3v) is 5.51. The van der Waals surface area contributed by atoms with Crippen LogP contribution in [0.5, 0.6) is 0 Å². The van der Waals surface area contributed by atoms with E-state index in [0.29, 0.717) is 22.8 Å². The van der Waals surface area contributed by atoms with Crippen molar-refractivity contribution >= 4 is 34.7 Å². The van der Waals surface area contributed by atoms with Crippen molar-refractivity contribution in [3.63, 3.8) is 0 Å². The van der Waals surface area contributed by atoms with Crippen molar-refractivity contribution < 1.29 is 18.9 Å². The maximum Gasteiger partial charge on any atom is 0.326 e. The molecule has 0 fully saturated rings. The van der Waals surface area contributed by atoms with Crippen molar-refractivity contribution in [2.45, 2.75) is 13.3 Å². The summed E-state index contributed by atoms with van der Waals surface area (Å²) in [7, 11) is 1.50. The highest BCUT2D eigenvalue weighted by Crippen LogP contribution is 2.30. The van der Waals surface area contributed by atoms with Crippen LogP contribution in [0.4, 0.5) is 0 Å². The number of hydrogen-bond acceptors (Lipinski definition) is 4. The number of amides is 2. The standard InChI is InChI=1S/C23H21ClN4O4/c1-3-17-18(22(30)28(25-17)16-9-7-8-15(24)14-16)19-20(26-10-5-4-6-11-26)23(31)27(21(19)29)12-13-32-2/h4-11,14H,3,12-13H2,1-2H3/p+1. The number of aryl methyl sites for hydroxylation is 1. The monoisotopic (exact) mass is 453 g/mol. The molecule has 0 spiro atoms. The first-order chi connectivity index (χ1) is 15.5. The molecule has 0 radical (unpaired) electrons. The number of methoxy groups -OCH3 is 1. The molecule has 0 saturated carbocycles. The van der Waals surface area contributed by atoms with Crippen LogP contribution in [0.3, 0.4) is 0 Å². The number of aromatic amines is 1. The first-order valence-corrected chi connectivity index (χ1v) is 10.5. The number of nitrogens with zero attached hydrogens (tertiary/aromatic N) is 3. The number of pyridine rings is 1. The molecule has 0 saturated heterocycles. The molecule has 0 bridgehead atoms. The van der Waals surface area contributed by atoms with E-state index in [1.165, 1.54) is 11.8 Å². The third-order valence-electron chi connectivity index (χ3n) is 5.27. The summed E-state index contributed by atoms with van der Waals surface area (Å²) >= 11 is 6.11. The molecule has 2 aromatic heterocycles. The minimum atomic E-state index is -0.526. The summed E-state index contributed by atoms with van der Waals surface area (Å²) in [5.74, 6) is -1.00. The number of halogens is 1. The average molecular weight is 454 g/mol. The van der Waals surface area contributed by atoms with Gasteiger partial charge < -0.3 is 4.74 Å². The highest BCUT2D eigenvalue weighted by molar-refractivity contribution is 6.44. The van der Waals surface area contributed by atoms with E-state index in [1.807, 2.05) is 6.92 Å². The Morgan fingerprint density at radius 3 is 2.47 bits per heavy atom. The number of imide groups is 1. The zero-order valence-electron chi connectivity index (χ0n) is 17.7. The lowest BCUT2D eigenvalue weighted by atomic mass is 10.0. The molecule has 0 aliphatic carbocycles. The summed E-state index contributed by atoms with van der Waals surface area (Å²) in [6, 6.07) is 12.1. The zero-order chi connectivity index (χ0) is 22.8. The molecule has 3 aromatic rings. The van der Waals surface area contributed by atoms with Gasteiger partial charge in [0.05, 0.1) is 24.4 Å². The fourth-order valence-electron chi connectivity index (χ4n) is 3.75. The summed E-state index contributed by atoms with van der Waals surface area (Å²) in [5.41, 5.74) is 1.04. The van der Waals surface area contributed by atoms with E-state index in [0.717, 1.165) is 4.90 Å². The Labute approximate surface area is 189 Å². The smallest absolute Gasteiger partial charge is 0.326 e. The molecule has 3 heterocycles. The van der Waals surface area contributed by atoms with Crippen molar-refractivity contribution in [1.29, 1.82) is 0 Å². The van der Waals surface area contributed by atoms with Crippen molar-refractivity contribution in [1.82, 2.24) is 14.7 Å². The number of ether oxygens (including phenoxy) is 1. The van der Waals surface area contributed by atoms with Crippen molar-refractivity contribution in [3.05, 3.63) is 81.5 Å². The number of carbonyl (C=O) groups is 2. The summed E-state index contributed by atoms with van der Waals surface area (Å²) < 4.78 is 7.98. The van der Waals surface area contributed by atoms with Crippen molar-refractivity contribution in [3.8, 4) is 5.69 Å². The maximum atomic E-state index is 13.5. The highest BCUT2D eigenvalue weighted by Gasteiger charge is 2.47. The van der Waals surface area contributed by atoms with Crippen LogP contribution < -0.4 is 10.1 Å². The zero-order valence-corrected chi connectivity index (χ0v) is 18.4. The largest absolute Gasteiger partial charge is 0.383 e. The second kappa shape index (κ2) is 8.94. The lowest BCUT2D eigenvalue weighted by Crippen LogP contribution is -2.40. The van der Waals surface area contributed by atoms with Crippen LogP contribution in [0.2, 0.25) is 5.02 Å². The molecule has 32 heavy (non-hydrogen) atoms. The molecule has 4 rings (SSSR count). The molecule has 1 N–H and O–H groups in total. The van der Waals surface area contributed by atoms with Gasteiger partial charge in [0.15, 0.2) is 12.4 Å². The van der Waals surface area contributed by atoms with Gasteiger partial charge in [0, 0.05) is 30.0 Å². The molecule has 1 aliphatic heterocycles. The SMILES string of the molecule is CCc1[nH]n(-c2cccc(Cl)c2)c(=O)c1C1=C([n+]2ccccc2)C(=O)N(CCOC)C1=O. The van der Waals surface area contributed by atoms with Crippen LogP contribution in [-0.4, -0.2) is 46.8 Å². The first kappa shape index (κ1) is 21.7. The van der Waals surface area contributed by atoms with Crippen LogP contribution in [-0.2, 0) is 20.7 Å². The second-order valence-corrected chi connectivity index (χ2v) is 7.64. The number of H-pyrrole nitrogens is 1. The number of rotatable bonds is 7. The van der Waals surface area contributed by atoms with Crippen LogP contribution in [0.25, 0.3) is 17.0 Å². The van der Waals surface area contributed by atoms with Gasteiger partial charge in [-0.1, -0.05) is 30.7 Å². The topological polar surface area (TPSA) is 88.3 Å². The fraction of sp³-hybridized carbons (Fsp3) is 0.217. The van der Waals surface area contributed by atoms with Crippen LogP contribution >= 0.6 is 11.6 Å². The van der Waals surface area contributed by atoms with Gasteiger partial charge in [0.2, 0.25) is 0 Å².